The van der Waals surface area contributed by atoms with E-state index in [1.807, 2.05) is 11.8 Å². The first-order chi connectivity index (χ1) is 8.72. The highest BCUT2D eigenvalue weighted by Gasteiger charge is 2.22. The number of fused-ring (bicyclic) bond motifs is 1. The van der Waals surface area contributed by atoms with Crippen LogP contribution in [0.25, 0.3) is 0 Å². The largest absolute Gasteiger partial charge is 0.317 e. The Balaban J connectivity index is 1.82. The van der Waals surface area contributed by atoms with Gasteiger partial charge in [-0.05, 0) is 43.4 Å². The van der Waals surface area contributed by atoms with Crippen molar-refractivity contribution < 1.29 is 0 Å². The molecule has 1 N–H and O–H groups in total. The third-order valence-corrected chi connectivity index (χ3v) is 5.29. The SMILES string of the molecule is CNC(CCCC1CSc2ccccc21)C(C)C. The Morgan fingerprint density at radius 2 is 2.11 bits per heavy atom. The van der Waals surface area contributed by atoms with E-state index in [4.69, 9.17) is 0 Å². The van der Waals surface area contributed by atoms with Crippen LogP contribution in [0.5, 0.6) is 0 Å². The molecule has 100 valence electrons. The van der Waals surface area contributed by atoms with Gasteiger partial charge in [0.1, 0.15) is 0 Å². The lowest BCUT2D eigenvalue weighted by Gasteiger charge is -2.20. The fourth-order valence-electron chi connectivity index (χ4n) is 2.86. The lowest BCUT2D eigenvalue weighted by atomic mass is 9.92. The number of hydrogen-bond donors (Lipinski definition) is 1. The van der Waals surface area contributed by atoms with Gasteiger partial charge in [0.15, 0.2) is 0 Å². The van der Waals surface area contributed by atoms with Gasteiger partial charge in [0.05, 0.1) is 0 Å². The minimum atomic E-state index is 0.675. The Hall–Kier alpha value is -0.470. The summed E-state index contributed by atoms with van der Waals surface area (Å²) < 4.78 is 0. The maximum Gasteiger partial charge on any atom is 0.0107 e. The first-order valence-corrected chi connectivity index (χ1v) is 8.10. The van der Waals surface area contributed by atoms with Crippen molar-refractivity contribution in [2.24, 2.45) is 5.92 Å². The number of benzene rings is 1. The summed E-state index contributed by atoms with van der Waals surface area (Å²) in [6, 6.07) is 9.60. The van der Waals surface area contributed by atoms with E-state index in [1.54, 1.807) is 5.56 Å². The first-order valence-electron chi connectivity index (χ1n) is 7.11. The lowest BCUT2D eigenvalue weighted by Crippen LogP contribution is -2.30. The van der Waals surface area contributed by atoms with E-state index in [2.05, 4.69) is 50.5 Å². The summed E-state index contributed by atoms with van der Waals surface area (Å²) >= 11 is 2.03. The zero-order valence-corrected chi connectivity index (χ0v) is 12.6. The van der Waals surface area contributed by atoms with Crippen LogP contribution in [0.3, 0.4) is 0 Å². The summed E-state index contributed by atoms with van der Waals surface area (Å²) in [6.07, 6.45) is 3.98. The normalized spacial score (nSPS) is 20.1. The quantitative estimate of drug-likeness (QED) is 0.821. The molecule has 2 unspecified atom stereocenters. The molecule has 1 aromatic carbocycles. The molecule has 1 aliphatic rings. The summed E-state index contributed by atoms with van der Waals surface area (Å²) in [5, 5.41) is 3.44. The van der Waals surface area contributed by atoms with Crippen molar-refractivity contribution in [2.45, 2.75) is 50.0 Å². The van der Waals surface area contributed by atoms with Gasteiger partial charge in [-0.3, -0.25) is 0 Å². The predicted molar refractivity (Wildman–Crippen MR) is 81.4 cm³/mol. The second kappa shape index (κ2) is 6.63. The average Bonchev–Trinajstić information content (AvgIpc) is 2.78. The Kier molecular flexibility index (Phi) is 5.13. The van der Waals surface area contributed by atoms with Crippen LogP contribution in [0.4, 0.5) is 0 Å². The van der Waals surface area contributed by atoms with Gasteiger partial charge in [-0.25, -0.2) is 0 Å². The minimum absolute atomic E-state index is 0.675. The van der Waals surface area contributed by atoms with Crippen LogP contribution in [0, 0.1) is 5.92 Å². The molecule has 0 amide bonds. The van der Waals surface area contributed by atoms with E-state index in [0.717, 1.165) is 11.8 Å². The summed E-state index contributed by atoms with van der Waals surface area (Å²) in [7, 11) is 2.09. The standard InChI is InChI=1S/C16H25NS/c1-12(2)15(17-3)9-6-7-13-11-18-16-10-5-4-8-14(13)16/h4-5,8,10,12-13,15,17H,6-7,9,11H2,1-3H3. The lowest BCUT2D eigenvalue weighted by molar-refractivity contribution is 0.385. The molecule has 2 rings (SSSR count). The Labute approximate surface area is 116 Å². The van der Waals surface area contributed by atoms with Crippen LogP contribution in [0.1, 0.15) is 44.6 Å². The molecule has 0 bridgehead atoms. The van der Waals surface area contributed by atoms with E-state index in [-0.39, 0.29) is 0 Å². The summed E-state index contributed by atoms with van der Waals surface area (Å²) in [4.78, 5) is 1.51. The molecule has 1 heterocycles. The number of rotatable bonds is 6. The van der Waals surface area contributed by atoms with Crippen LogP contribution in [0.2, 0.25) is 0 Å². The fraction of sp³-hybridized carbons (Fsp3) is 0.625. The highest BCUT2D eigenvalue weighted by molar-refractivity contribution is 7.99. The number of nitrogens with one attached hydrogen (secondary N) is 1. The van der Waals surface area contributed by atoms with Gasteiger partial charge < -0.3 is 5.32 Å². The maximum atomic E-state index is 3.44. The van der Waals surface area contributed by atoms with Crippen molar-refractivity contribution in [1.82, 2.24) is 5.32 Å². The van der Waals surface area contributed by atoms with E-state index in [1.165, 1.54) is 29.9 Å². The fourth-order valence-corrected chi connectivity index (χ4v) is 4.17. The van der Waals surface area contributed by atoms with Crippen molar-refractivity contribution in [1.29, 1.82) is 0 Å². The number of thioether (sulfide) groups is 1. The van der Waals surface area contributed by atoms with Gasteiger partial charge in [-0.15, -0.1) is 11.8 Å². The van der Waals surface area contributed by atoms with Crippen LogP contribution in [-0.2, 0) is 0 Å². The average molecular weight is 263 g/mol. The molecule has 2 heteroatoms. The molecule has 1 nitrogen and oxygen atoms in total. The Morgan fingerprint density at radius 1 is 1.33 bits per heavy atom. The van der Waals surface area contributed by atoms with Crippen LogP contribution in [-0.4, -0.2) is 18.8 Å². The van der Waals surface area contributed by atoms with E-state index in [0.29, 0.717) is 6.04 Å². The van der Waals surface area contributed by atoms with Crippen molar-refractivity contribution in [3.63, 3.8) is 0 Å². The van der Waals surface area contributed by atoms with Gasteiger partial charge in [0.25, 0.3) is 0 Å². The zero-order valence-electron chi connectivity index (χ0n) is 11.8. The van der Waals surface area contributed by atoms with Crippen molar-refractivity contribution >= 4 is 11.8 Å². The topological polar surface area (TPSA) is 12.0 Å². The molecule has 1 aromatic rings. The van der Waals surface area contributed by atoms with Gasteiger partial charge in [-0.2, -0.15) is 0 Å². The van der Waals surface area contributed by atoms with Crippen LogP contribution in [0.15, 0.2) is 29.2 Å². The molecule has 1 aliphatic heterocycles. The van der Waals surface area contributed by atoms with Crippen molar-refractivity contribution in [3.8, 4) is 0 Å². The Morgan fingerprint density at radius 3 is 2.83 bits per heavy atom. The molecule has 0 fully saturated rings. The summed E-state index contributed by atoms with van der Waals surface area (Å²) in [6.45, 7) is 4.61. The van der Waals surface area contributed by atoms with Crippen LogP contribution < -0.4 is 5.32 Å². The Bertz CT molecular complexity index is 375. The molecule has 0 spiro atoms. The van der Waals surface area contributed by atoms with Gasteiger partial charge in [-0.1, -0.05) is 38.5 Å². The molecular weight excluding hydrogens is 238 g/mol. The van der Waals surface area contributed by atoms with Crippen LogP contribution >= 0.6 is 11.8 Å². The molecule has 0 saturated heterocycles. The van der Waals surface area contributed by atoms with Crippen molar-refractivity contribution in [3.05, 3.63) is 29.8 Å². The molecule has 0 aliphatic carbocycles. The summed E-state index contributed by atoms with van der Waals surface area (Å²) in [5.74, 6) is 2.81. The molecule has 18 heavy (non-hydrogen) atoms. The highest BCUT2D eigenvalue weighted by atomic mass is 32.2. The molecular formula is C16H25NS. The predicted octanol–water partition coefficient (Wildman–Crippen LogP) is 4.29. The third kappa shape index (κ3) is 3.30. The molecule has 0 saturated carbocycles. The van der Waals surface area contributed by atoms with Gasteiger partial charge in [0, 0.05) is 16.7 Å². The van der Waals surface area contributed by atoms with E-state index >= 15 is 0 Å². The molecule has 2 atom stereocenters. The zero-order chi connectivity index (χ0) is 13.0. The maximum absolute atomic E-state index is 3.44. The second-order valence-corrected chi connectivity index (χ2v) is 6.68. The molecule has 0 radical (unpaired) electrons. The van der Waals surface area contributed by atoms with Gasteiger partial charge >= 0.3 is 0 Å². The first kappa shape index (κ1) is 14.0. The smallest absolute Gasteiger partial charge is 0.0107 e. The minimum Gasteiger partial charge on any atom is -0.317 e. The van der Waals surface area contributed by atoms with E-state index in [9.17, 15) is 0 Å². The number of hydrogen-bond acceptors (Lipinski definition) is 2. The second-order valence-electron chi connectivity index (χ2n) is 5.62. The molecule has 0 aromatic heterocycles. The van der Waals surface area contributed by atoms with Crippen molar-refractivity contribution in [2.75, 3.05) is 12.8 Å². The van der Waals surface area contributed by atoms with E-state index < -0.39 is 0 Å². The monoisotopic (exact) mass is 263 g/mol. The third-order valence-electron chi connectivity index (χ3n) is 4.04. The highest BCUT2D eigenvalue weighted by Crippen LogP contribution is 2.41. The summed E-state index contributed by atoms with van der Waals surface area (Å²) in [5.41, 5.74) is 1.59. The van der Waals surface area contributed by atoms with Gasteiger partial charge in [0.2, 0.25) is 0 Å².